The number of hydrogen-bond acceptors (Lipinski definition) is 7. The number of carbonyl (C=O) groups excluding carboxylic acids is 2. The third kappa shape index (κ3) is 6.49. The number of esters is 1. The number of thioether (sulfide) groups is 1. The average molecular weight is 553 g/mol. The van der Waals surface area contributed by atoms with Crippen LogP contribution in [-0.4, -0.2) is 39.5 Å². The van der Waals surface area contributed by atoms with E-state index in [0.717, 1.165) is 28.1 Å². The van der Waals surface area contributed by atoms with E-state index in [1.54, 1.807) is 6.08 Å². The molecule has 1 amide bonds. The minimum atomic E-state index is -0.502. The summed E-state index contributed by atoms with van der Waals surface area (Å²) < 4.78 is 6.94. The Morgan fingerprint density at radius 3 is 2.57 bits per heavy atom. The van der Waals surface area contributed by atoms with Crippen molar-refractivity contribution in [1.29, 1.82) is 0 Å². The zero-order chi connectivity index (χ0) is 26.4. The number of nitrogens with zero attached hydrogens (tertiary/aromatic N) is 3. The molecule has 2 heterocycles. The number of amides is 1. The number of carbonyl (C=O) groups is 2. The van der Waals surface area contributed by atoms with Gasteiger partial charge in [0.15, 0.2) is 5.16 Å². The zero-order valence-corrected chi connectivity index (χ0v) is 22.8. The van der Waals surface area contributed by atoms with Crippen LogP contribution in [0.3, 0.4) is 0 Å². The van der Waals surface area contributed by atoms with Crippen molar-refractivity contribution in [2.24, 2.45) is 0 Å². The summed E-state index contributed by atoms with van der Waals surface area (Å²) in [6, 6.07) is 15.4. The molecule has 0 unspecified atom stereocenters. The second-order valence-corrected chi connectivity index (χ2v) is 10.4. The van der Waals surface area contributed by atoms with Crippen LogP contribution in [0.5, 0.6) is 0 Å². The van der Waals surface area contributed by atoms with Crippen LogP contribution in [0, 0.1) is 6.92 Å². The van der Waals surface area contributed by atoms with E-state index in [1.807, 2.05) is 65.4 Å². The van der Waals surface area contributed by atoms with Gasteiger partial charge in [0.25, 0.3) is 0 Å². The fraction of sp³-hybridized carbons (Fsp3) is 0.185. The van der Waals surface area contributed by atoms with Crippen molar-refractivity contribution in [2.45, 2.75) is 25.0 Å². The summed E-state index contributed by atoms with van der Waals surface area (Å²) in [5.41, 5.74) is 4.11. The summed E-state index contributed by atoms with van der Waals surface area (Å²) in [6.45, 7) is 6.34. The van der Waals surface area contributed by atoms with Crippen LogP contribution in [0.4, 0.5) is 5.00 Å². The Kier molecular flexibility index (Phi) is 8.81. The highest BCUT2D eigenvalue weighted by Gasteiger charge is 2.23. The van der Waals surface area contributed by atoms with Crippen LogP contribution >= 0.6 is 34.7 Å². The van der Waals surface area contributed by atoms with Gasteiger partial charge in [-0.3, -0.25) is 4.79 Å². The molecule has 4 aromatic rings. The molecular formula is C27H25ClN4O3S2. The lowest BCUT2D eigenvalue weighted by atomic mass is 10.0. The van der Waals surface area contributed by atoms with Crippen molar-refractivity contribution >= 4 is 51.6 Å². The quantitative estimate of drug-likeness (QED) is 0.142. The molecule has 190 valence electrons. The zero-order valence-electron chi connectivity index (χ0n) is 20.4. The van der Waals surface area contributed by atoms with Gasteiger partial charge in [0.05, 0.1) is 12.9 Å². The Labute approximate surface area is 228 Å². The topological polar surface area (TPSA) is 86.1 Å². The van der Waals surface area contributed by atoms with Gasteiger partial charge in [0.2, 0.25) is 5.91 Å². The third-order valence-corrected chi connectivity index (χ3v) is 7.62. The van der Waals surface area contributed by atoms with Gasteiger partial charge in [-0.05, 0) is 30.2 Å². The van der Waals surface area contributed by atoms with Crippen LogP contribution in [0.1, 0.15) is 27.3 Å². The van der Waals surface area contributed by atoms with Crippen molar-refractivity contribution in [3.05, 3.63) is 94.1 Å². The SMILES string of the molecule is C=CCn1c(Cc2ccc(Cl)cc2)nnc1SCC(=O)Nc1scc(-c2ccc(C)cc2)c1C(=O)OC. The van der Waals surface area contributed by atoms with E-state index in [0.29, 0.717) is 33.7 Å². The molecule has 0 aliphatic rings. The number of nitrogens with one attached hydrogen (secondary N) is 1. The van der Waals surface area contributed by atoms with Crippen LogP contribution in [0.15, 0.2) is 71.7 Å². The molecule has 7 nitrogen and oxygen atoms in total. The van der Waals surface area contributed by atoms with E-state index in [2.05, 4.69) is 22.1 Å². The number of rotatable bonds is 10. The fourth-order valence-electron chi connectivity index (χ4n) is 3.65. The molecule has 0 aliphatic carbocycles. The first-order valence-corrected chi connectivity index (χ1v) is 13.6. The molecule has 37 heavy (non-hydrogen) atoms. The summed E-state index contributed by atoms with van der Waals surface area (Å²) in [4.78, 5) is 25.5. The summed E-state index contributed by atoms with van der Waals surface area (Å²) in [5, 5.41) is 15.1. The number of methoxy groups -OCH3 is 1. The summed E-state index contributed by atoms with van der Waals surface area (Å²) in [6.07, 6.45) is 2.34. The van der Waals surface area contributed by atoms with E-state index in [1.165, 1.54) is 30.2 Å². The summed E-state index contributed by atoms with van der Waals surface area (Å²) >= 11 is 8.55. The van der Waals surface area contributed by atoms with Crippen LogP contribution in [0.2, 0.25) is 5.02 Å². The molecule has 0 spiro atoms. The van der Waals surface area contributed by atoms with Crippen molar-refractivity contribution in [3.63, 3.8) is 0 Å². The van der Waals surface area contributed by atoms with Gasteiger partial charge in [-0.25, -0.2) is 4.79 Å². The number of aryl methyl sites for hydroxylation is 1. The molecule has 2 aromatic carbocycles. The lowest BCUT2D eigenvalue weighted by Gasteiger charge is -2.09. The number of aromatic nitrogens is 3. The lowest BCUT2D eigenvalue weighted by Crippen LogP contribution is -2.16. The normalized spacial score (nSPS) is 10.8. The Morgan fingerprint density at radius 1 is 1.16 bits per heavy atom. The maximum atomic E-state index is 12.9. The fourth-order valence-corrected chi connectivity index (χ4v) is 5.51. The van der Waals surface area contributed by atoms with Gasteiger partial charge < -0.3 is 14.6 Å². The second-order valence-electron chi connectivity index (χ2n) is 8.15. The number of anilines is 1. The Balaban J connectivity index is 1.48. The predicted molar refractivity (Wildman–Crippen MR) is 150 cm³/mol. The van der Waals surface area contributed by atoms with Crippen molar-refractivity contribution in [3.8, 4) is 11.1 Å². The third-order valence-electron chi connectivity index (χ3n) is 5.51. The predicted octanol–water partition coefficient (Wildman–Crippen LogP) is 6.26. The average Bonchev–Trinajstić information content (AvgIpc) is 3.48. The molecule has 0 saturated carbocycles. The van der Waals surface area contributed by atoms with E-state index < -0.39 is 5.97 Å². The van der Waals surface area contributed by atoms with Crippen molar-refractivity contribution in [1.82, 2.24) is 14.8 Å². The Hall–Kier alpha value is -3.40. The molecule has 1 N–H and O–H groups in total. The second kappa shape index (κ2) is 12.2. The molecule has 4 rings (SSSR count). The van der Waals surface area contributed by atoms with E-state index in [9.17, 15) is 9.59 Å². The monoisotopic (exact) mass is 552 g/mol. The molecule has 0 saturated heterocycles. The summed E-state index contributed by atoms with van der Waals surface area (Å²) in [5.74, 6) is 0.0885. The van der Waals surface area contributed by atoms with Gasteiger partial charge in [-0.2, -0.15) is 0 Å². The maximum absolute atomic E-state index is 12.9. The largest absolute Gasteiger partial charge is 0.465 e. The van der Waals surface area contributed by atoms with E-state index in [4.69, 9.17) is 16.3 Å². The standard InChI is InChI=1S/C27H25ClN4O3S2/c1-4-13-32-22(14-18-7-11-20(28)12-8-18)30-31-27(32)37-16-23(33)29-25-24(26(34)35-3)21(15-36-25)19-9-5-17(2)6-10-19/h4-12,15H,1,13-14,16H2,2-3H3,(H,29,33). The van der Waals surface area contributed by atoms with Crippen molar-refractivity contribution in [2.75, 3.05) is 18.2 Å². The number of benzene rings is 2. The molecule has 10 heteroatoms. The Morgan fingerprint density at radius 2 is 1.89 bits per heavy atom. The van der Waals surface area contributed by atoms with Gasteiger partial charge in [-0.15, -0.1) is 28.1 Å². The van der Waals surface area contributed by atoms with Gasteiger partial charge in [-0.1, -0.05) is 71.4 Å². The molecular weight excluding hydrogens is 528 g/mol. The van der Waals surface area contributed by atoms with Crippen LogP contribution < -0.4 is 5.32 Å². The van der Waals surface area contributed by atoms with Crippen molar-refractivity contribution < 1.29 is 14.3 Å². The first-order chi connectivity index (χ1) is 17.9. The van der Waals surface area contributed by atoms with Crippen LogP contribution in [-0.2, 0) is 22.5 Å². The summed E-state index contributed by atoms with van der Waals surface area (Å²) in [7, 11) is 1.33. The molecule has 0 radical (unpaired) electrons. The molecule has 0 aliphatic heterocycles. The van der Waals surface area contributed by atoms with Gasteiger partial charge in [0, 0.05) is 28.9 Å². The molecule has 2 aromatic heterocycles. The highest BCUT2D eigenvalue weighted by Crippen LogP contribution is 2.36. The molecule has 0 bridgehead atoms. The highest BCUT2D eigenvalue weighted by molar-refractivity contribution is 7.99. The van der Waals surface area contributed by atoms with Gasteiger partial charge in [0.1, 0.15) is 16.4 Å². The minimum absolute atomic E-state index is 0.0919. The van der Waals surface area contributed by atoms with E-state index in [-0.39, 0.29) is 11.7 Å². The number of halogens is 1. The highest BCUT2D eigenvalue weighted by atomic mass is 35.5. The number of ether oxygens (including phenoxy) is 1. The lowest BCUT2D eigenvalue weighted by molar-refractivity contribution is -0.113. The smallest absolute Gasteiger partial charge is 0.341 e. The minimum Gasteiger partial charge on any atom is -0.465 e. The first kappa shape index (κ1) is 26.7. The van der Waals surface area contributed by atoms with Gasteiger partial charge >= 0.3 is 5.97 Å². The first-order valence-electron chi connectivity index (χ1n) is 11.4. The molecule has 0 atom stereocenters. The molecule has 0 fully saturated rings. The number of hydrogen-bond donors (Lipinski definition) is 1. The number of allylic oxidation sites excluding steroid dienone is 1. The Bertz CT molecular complexity index is 1410. The van der Waals surface area contributed by atoms with Crippen LogP contribution in [0.25, 0.3) is 11.1 Å². The maximum Gasteiger partial charge on any atom is 0.341 e. The number of thiophene rings is 1. The van der Waals surface area contributed by atoms with E-state index >= 15 is 0 Å².